The van der Waals surface area contributed by atoms with Crippen molar-refractivity contribution in [1.82, 2.24) is 5.32 Å². The fourth-order valence-corrected chi connectivity index (χ4v) is 2.08. The van der Waals surface area contributed by atoms with Crippen LogP contribution < -0.4 is 21.7 Å². The second-order valence-corrected chi connectivity index (χ2v) is 4.62. The number of aryl methyl sites for hydroxylation is 1. The molecule has 7 heteroatoms. The number of hydrogen-bond acceptors (Lipinski definition) is 3. The van der Waals surface area contributed by atoms with E-state index in [4.69, 9.17) is 5.73 Å². The average molecular weight is 299 g/mol. The van der Waals surface area contributed by atoms with Gasteiger partial charge in [0.15, 0.2) is 0 Å². The fraction of sp³-hybridized carbons (Fsp3) is 0.385. The number of amides is 3. The van der Waals surface area contributed by atoms with Gasteiger partial charge in [0.25, 0.3) is 0 Å². The molecule has 1 unspecified atom stereocenters. The number of halogens is 1. The van der Waals surface area contributed by atoms with Gasteiger partial charge in [0, 0.05) is 17.9 Å². The van der Waals surface area contributed by atoms with Crippen molar-refractivity contribution < 1.29 is 9.59 Å². The summed E-state index contributed by atoms with van der Waals surface area (Å²) in [4.78, 5) is 22.5. The van der Waals surface area contributed by atoms with Crippen molar-refractivity contribution in [2.24, 2.45) is 5.73 Å². The molecule has 5 N–H and O–H groups in total. The number of rotatable bonds is 3. The van der Waals surface area contributed by atoms with Crippen molar-refractivity contribution in [2.75, 3.05) is 17.2 Å². The van der Waals surface area contributed by atoms with Gasteiger partial charge in [-0.05, 0) is 43.5 Å². The van der Waals surface area contributed by atoms with E-state index in [1.165, 1.54) is 5.56 Å². The van der Waals surface area contributed by atoms with Gasteiger partial charge < -0.3 is 21.7 Å². The standard InChI is InChI=1S/C13H18N4O2.ClH/c1-8(16-13(14)19)12(18)17-10-4-5-11-9(7-10)3-2-6-15-11;/h4-5,7-8,15H,2-3,6H2,1H3,(H,17,18)(H3,14,16,19);1H. The Hall–Kier alpha value is -1.95. The molecule has 0 saturated heterocycles. The third kappa shape index (κ3) is 4.03. The molecule has 3 amide bonds. The first-order chi connectivity index (χ1) is 9.06. The number of carbonyl (C=O) groups excluding carboxylic acids is 2. The lowest BCUT2D eigenvalue weighted by atomic mass is 10.0. The number of fused-ring (bicyclic) bond motifs is 1. The molecular weight excluding hydrogens is 280 g/mol. The molecule has 1 aromatic carbocycles. The Labute approximate surface area is 123 Å². The maximum absolute atomic E-state index is 11.8. The van der Waals surface area contributed by atoms with Gasteiger partial charge in [0.1, 0.15) is 6.04 Å². The lowest BCUT2D eigenvalue weighted by molar-refractivity contribution is -0.117. The van der Waals surface area contributed by atoms with Crippen LogP contribution in [0.4, 0.5) is 16.2 Å². The first-order valence-electron chi connectivity index (χ1n) is 6.30. The third-order valence-electron chi connectivity index (χ3n) is 3.06. The molecule has 1 aliphatic heterocycles. The molecule has 1 heterocycles. The van der Waals surface area contributed by atoms with Crippen LogP contribution in [0, 0.1) is 0 Å². The highest BCUT2D eigenvalue weighted by Crippen LogP contribution is 2.25. The average Bonchev–Trinajstić information content (AvgIpc) is 2.37. The van der Waals surface area contributed by atoms with Gasteiger partial charge in [-0.15, -0.1) is 12.4 Å². The van der Waals surface area contributed by atoms with Crippen LogP contribution in [0.2, 0.25) is 0 Å². The minimum Gasteiger partial charge on any atom is -0.385 e. The van der Waals surface area contributed by atoms with Crippen molar-refractivity contribution in [2.45, 2.75) is 25.8 Å². The Balaban J connectivity index is 0.00000200. The summed E-state index contributed by atoms with van der Waals surface area (Å²) in [6.45, 7) is 2.57. The normalized spacial score (nSPS) is 14.1. The highest BCUT2D eigenvalue weighted by molar-refractivity contribution is 5.96. The van der Waals surface area contributed by atoms with Crippen molar-refractivity contribution in [1.29, 1.82) is 0 Å². The number of nitrogens with one attached hydrogen (secondary N) is 3. The predicted molar refractivity (Wildman–Crippen MR) is 81.3 cm³/mol. The molecule has 1 aliphatic rings. The van der Waals surface area contributed by atoms with Crippen LogP contribution in [0.1, 0.15) is 18.9 Å². The van der Waals surface area contributed by atoms with Crippen molar-refractivity contribution in [3.8, 4) is 0 Å². The summed E-state index contributed by atoms with van der Waals surface area (Å²) in [5.41, 5.74) is 8.02. The molecule has 0 aliphatic carbocycles. The molecule has 0 saturated carbocycles. The third-order valence-corrected chi connectivity index (χ3v) is 3.06. The van der Waals surface area contributed by atoms with Crippen molar-refractivity contribution in [3.05, 3.63) is 23.8 Å². The minimum absolute atomic E-state index is 0. The number of urea groups is 1. The van der Waals surface area contributed by atoms with Crippen LogP contribution in [-0.4, -0.2) is 24.5 Å². The monoisotopic (exact) mass is 298 g/mol. The van der Waals surface area contributed by atoms with E-state index in [2.05, 4.69) is 16.0 Å². The van der Waals surface area contributed by atoms with Gasteiger partial charge in [-0.25, -0.2) is 4.79 Å². The van der Waals surface area contributed by atoms with E-state index in [0.717, 1.165) is 30.8 Å². The molecule has 20 heavy (non-hydrogen) atoms. The van der Waals surface area contributed by atoms with Crippen molar-refractivity contribution in [3.63, 3.8) is 0 Å². The Morgan fingerprint density at radius 1 is 1.40 bits per heavy atom. The highest BCUT2D eigenvalue weighted by Gasteiger charge is 2.15. The van der Waals surface area contributed by atoms with Crippen LogP contribution in [0.3, 0.4) is 0 Å². The van der Waals surface area contributed by atoms with Crippen LogP contribution in [0.15, 0.2) is 18.2 Å². The van der Waals surface area contributed by atoms with Gasteiger partial charge in [-0.1, -0.05) is 0 Å². The Morgan fingerprint density at radius 3 is 2.85 bits per heavy atom. The summed E-state index contributed by atoms with van der Waals surface area (Å²) in [7, 11) is 0. The summed E-state index contributed by atoms with van der Waals surface area (Å²) >= 11 is 0. The summed E-state index contributed by atoms with van der Waals surface area (Å²) in [5, 5.41) is 8.41. The Morgan fingerprint density at radius 2 is 2.15 bits per heavy atom. The summed E-state index contributed by atoms with van der Waals surface area (Å²) in [6.07, 6.45) is 2.09. The lowest BCUT2D eigenvalue weighted by Crippen LogP contribution is -2.44. The molecule has 2 rings (SSSR count). The first-order valence-corrected chi connectivity index (χ1v) is 6.30. The highest BCUT2D eigenvalue weighted by atomic mass is 35.5. The summed E-state index contributed by atoms with van der Waals surface area (Å²) in [6, 6.07) is 4.38. The number of carbonyl (C=O) groups is 2. The summed E-state index contributed by atoms with van der Waals surface area (Å²) < 4.78 is 0. The molecule has 6 nitrogen and oxygen atoms in total. The predicted octanol–water partition coefficient (Wildman–Crippen LogP) is 1.46. The van der Waals surface area contributed by atoms with Crippen LogP contribution in [-0.2, 0) is 11.2 Å². The molecule has 1 aromatic rings. The van der Waals surface area contributed by atoms with E-state index >= 15 is 0 Å². The van der Waals surface area contributed by atoms with E-state index in [0.29, 0.717) is 0 Å². The molecule has 0 aromatic heterocycles. The van der Waals surface area contributed by atoms with Crippen LogP contribution >= 0.6 is 12.4 Å². The number of anilines is 2. The summed E-state index contributed by atoms with van der Waals surface area (Å²) in [5.74, 6) is -0.289. The topological polar surface area (TPSA) is 96.2 Å². The van der Waals surface area contributed by atoms with Gasteiger partial charge in [0.05, 0.1) is 0 Å². The second kappa shape index (κ2) is 7.00. The minimum atomic E-state index is -0.711. The van der Waals surface area contributed by atoms with E-state index in [-0.39, 0.29) is 18.3 Å². The number of hydrogen-bond donors (Lipinski definition) is 4. The fourth-order valence-electron chi connectivity index (χ4n) is 2.08. The Bertz CT molecular complexity index is 507. The zero-order valence-corrected chi connectivity index (χ0v) is 12.0. The lowest BCUT2D eigenvalue weighted by Gasteiger charge is -2.19. The SMILES string of the molecule is CC(NC(N)=O)C(=O)Nc1ccc2c(c1)CCCN2.Cl. The molecular formula is C13H19ClN4O2. The van der Waals surface area contributed by atoms with E-state index < -0.39 is 12.1 Å². The van der Waals surface area contributed by atoms with Gasteiger partial charge >= 0.3 is 6.03 Å². The molecule has 0 spiro atoms. The van der Waals surface area contributed by atoms with E-state index in [1.54, 1.807) is 6.92 Å². The largest absolute Gasteiger partial charge is 0.385 e. The maximum Gasteiger partial charge on any atom is 0.312 e. The smallest absolute Gasteiger partial charge is 0.312 e. The van der Waals surface area contributed by atoms with Crippen LogP contribution in [0.5, 0.6) is 0 Å². The van der Waals surface area contributed by atoms with Gasteiger partial charge in [-0.2, -0.15) is 0 Å². The molecule has 110 valence electrons. The number of benzene rings is 1. The number of nitrogens with two attached hydrogens (primary N) is 1. The maximum atomic E-state index is 11.8. The zero-order valence-electron chi connectivity index (χ0n) is 11.2. The van der Waals surface area contributed by atoms with E-state index in [9.17, 15) is 9.59 Å². The molecule has 1 atom stereocenters. The van der Waals surface area contributed by atoms with Gasteiger partial charge in [-0.3, -0.25) is 4.79 Å². The quantitative estimate of drug-likeness (QED) is 0.680. The Kier molecular flexibility index (Phi) is 5.64. The van der Waals surface area contributed by atoms with E-state index in [1.807, 2.05) is 18.2 Å². The van der Waals surface area contributed by atoms with Gasteiger partial charge in [0.2, 0.25) is 5.91 Å². The molecule has 0 radical (unpaired) electrons. The molecule has 0 fully saturated rings. The van der Waals surface area contributed by atoms with Crippen molar-refractivity contribution >= 4 is 35.7 Å². The molecule has 0 bridgehead atoms. The number of primary amides is 1. The second-order valence-electron chi connectivity index (χ2n) is 4.62. The van der Waals surface area contributed by atoms with Crippen LogP contribution in [0.25, 0.3) is 0 Å². The zero-order chi connectivity index (χ0) is 13.8. The first kappa shape index (κ1) is 16.1.